The molecule has 0 unspecified atom stereocenters. The van der Waals surface area contributed by atoms with E-state index in [9.17, 15) is 4.79 Å². The number of hydrogen-bond acceptors (Lipinski definition) is 3. The van der Waals surface area contributed by atoms with Crippen molar-refractivity contribution in [1.29, 1.82) is 0 Å². The Bertz CT molecular complexity index is 1160. The molecule has 0 aliphatic carbocycles. The second kappa shape index (κ2) is 10.2. The first-order valence-corrected chi connectivity index (χ1v) is 12.5. The number of amides is 1. The van der Waals surface area contributed by atoms with Gasteiger partial charge in [-0.1, -0.05) is 60.1 Å². The van der Waals surface area contributed by atoms with Crippen molar-refractivity contribution in [3.8, 4) is 0 Å². The Hall–Kier alpha value is -2.89. The Balaban J connectivity index is 1.27. The predicted molar refractivity (Wildman–Crippen MR) is 137 cm³/mol. The SMILES string of the molecule is Cn1cccc1[C@@H]1CC(c2ccccc2Cl)=NN1C(=O)CN1CCC(Cc2ccccc2)CC1. The average molecular weight is 475 g/mol. The van der Waals surface area contributed by atoms with Crippen molar-refractivity contribution >= 4 is 23.2 Å². The van der Waals surface area contributed by atoms with Crippen LogP contribution in [0.3, 0.4) is 0 Å². The number of aryl methyl sites for hydroxylation is 1. The van der Waals surface area contributed by atoms with Crippen molar-refractivity contribution in [2.24, 2.45) is 18.1 Å². The topological polar surface area (TPSA) is 40.8 Å². The molecule has 6 heteroatoms. The smallest absolute Gasteiger partial charge is 0.257 e. The molecule has 2 aliphatic heterocycles. The molecule has 0 saturated carbocycles. The standard InChI is InChI=1S/C28H31ClN4O/c1-31-15-7-12-26(31)27-19-25(23-10-5-6-11-24(23)29)30-33(27)28(34)20-32-16-13-22(14-17-32)18-21-8-3-2-4-9-21/h2-12,15,22,27H,13-14,16-20H2,1H3/t27-/m0/s1. The normalized spacial score (nSPS) is 19.4. The fourth-order valence-electron chi connectivity index (χ4n) is 5.21. The van der Waals surface area contributed by atoms with Gasteiger partial charge < -0.3 is 4.57 Å². The quantitative estimate of drug-likeness (QED) is 0.485. The molecule has 3 heterocycles. The molecule has 34 heavy (non-hydrogen) atoms. The summed E-state index contributed by atoms with van der Waals surface area (Å²) in [6.45, 7) is 2.30. The summed E-state index contributed by atoms with van der Waals surface area (Å²) >= 11 is 6.47. The number of benzene rings is 2. The van der Waals surface area contributed by atoms with Crippen molar-refractivity contribution in [3.63, 3.8) is 0 Å². The van der Waals surface area contributed by atoms with E-state index < -0.39 is 0 Å². The lowest BCUT2D eigenvalue weighted by Gasteiger charge is -2.33. The summed E-state index contributed by atoms with van der Waals surface area (Å²) in [7, 11) is 2.02. The number of nitrogens with zero attached hydrogens (tertiary/aromatic N) is 4. The first-order valence-electron chi connectivity index (χ1n) is 12.1. The molecule has 176 valence electrons. The van der Waals surface area contributed by atoms with Crippen LogP contribution in [0.1, 0.15) is 42.1 Å². The second-order valence-corrected chi connectivity index (χ2v) is 9.85. The zero-order valence-electron chi connectivity index (χ0n) is 19.6. The van der Waals surface area contributed by atoms with E-state index in [0.29, 0.717) is 23.9 Å². The fraction of sp³-hybridized carbons (Fsp3) is 0.357. The molecule has 1 atom stereocenters. The van der Waals surface area contributed by atoms with Crippen LogP contribution in [0.2, 0.25) is 5.02 Å². The molecule has 0 spiro atoms. The third kappa shape index (κ3) is 4.96. The van der Waals surface area contributed by atoms with Crippen LogP contribution in [0.4, 0.5) is 0 Å². The van der Waals surface area contributed by atoms with Crippen LogP contribution in [0.5, 0.6) is 0 Å². The Kier molecular flexibility index (Phi) is 6.84. The van der Waals surface area contributed by atoms with Gasteiger partial charge in [0.2, 0.25) is 0 Å². The maximum atomic E-state index is 13.5. The molecule has 1 saturated heterocycles. The van der Waals surface area contributed by atoms with Crippen molar-refractivity contribution in [3.05, 3.63) is 94.8 Å². The molecule has 1 amide bonds. The number of rotatable bonds is 6. The van der Waals surface area contributed by atoms with E-state index in [1.54, 1.807) is 5.01 Å². The lowest BCUT2D eigenvalue weighted by molar-refractivity contribution is -0.134. The highest BCUT2D eigenvalue weighted by atomic mass is 35.5. The van der Waals surface area contributed by atoms with E-state index in [4.69, 9.17) is 16.7 Å². The molecule has 5 rings (SSSR count). The first-order chi connectivity index (χ1) is 16.6. The third-order valence-electron chi connectivity index (χ3n) is 7.11. The molecule has 5 nitrogen and oxygen atoms in total. The number of piperidine rings is 1. The zero-order chi connectivity index (χ0) is 23.5. The maximum absolute atomic E-state index is 13.5. The first kappa shape index (κ1) is 22.9. The Morgan fingerprint density at radius 2 is 1.74 bits per heavy atom. The van der Waals surface area contributed by atoms with Gasteiger partial charge in [0.05, 0.1) is 12.3 Å². The van der Waals surface area contributed by atoms with Gasteiger partial charge in [-0.3, -0.25) is 9.69 Å². The van der Waals surface area contributed by atoms with Gasteiger partial charge in [-0.2, -0.15) is 5.10 Å². The number of hydrazone groups is 1. The summed E-state index contributed by atoms with van der Waals surface area (Å²) in [5.41, 5.74) is 4.26. The van der Waals surface area contributed by atoms with Gasteiger partial charge in [0, 0.05) is 35.9 Å². The zero-order valence-corrected chi connectivity index (χ0v) is 20.4. The fourth-order valence-corrected chi connectivity index (χ4v) is 5.45. The highest BCUT2D eigenvalue weighted by Gasteiger charge is 2.35. The molecule has 0 radical (unpaired) electrons. The summed E-state index contributed by atoms with van der Waals surface area (Å²) < 4.78 is 2.07. The van der Waals surface area contributed by atoms with Crippen molar-refractivity contribution < 1.29 is 4.79 Å². The molecule has 3 aromatic rings. The number of aromatic nitrogens is 1. The van der Waals surface area contributed by atoms with E-state index in [1.165, 1.54) is 5.56 Å². The summed E-state index contributed by atoms with van der Waals surface area (Å²) in [4.78, 5) is 15.8. The van der Waals surface area contributed by atoms with Crippen LogP contribution in [-0.2, 0) is 18.3 Å². The van der Waals surface area contributed by atoms with Gasteiger partial charge in [-0.25, -0.2) is 5.01 Å². The van der Waals surface area contributed by atoms with Crippen molar-refractivity contribution in [2.75, 3.05) is 19.6 Å². The lowest BCUT2D eigenvalue weighted by Crippen LogP contribution is -2.42. The minimum absolute atomic E-state index is 0.0507. The Morgan fingerprint density at radius 1 is 1.00 bits per heavy atom. The van der Waals surface area contributed by atoms with E-state index in [0.717, 1.165) is 49.3 Å². The van der Waals surface area contributed by atoms with E-state index >= 15 is 0 Å². The van der Waals surface area contributed by atoms with Gasteiger partial charge in [0.25, 0.3) is 5.91 Å². The molecule has 2 aromatic carbocycles. The molecule has 2 aliphatic rings. The van der Waals surface area contributed by atoms with Gasteiger partial charge in [-0.15, -0.1) is 0 Å². The number of carbonyl (C=O) groups excluding carboxylic acids is 1. The molecular weight excluding hydrogens is 444 g/mol. The Labute approximate surface area is 206 Å². The van der Waals surface area contributed by atoms with Crippen LogP contribution in [-0.4, -0.2) is 45.7 Å². The van der Waals surface area contributed by atoms with Crippen molar-refractivity contribution in [2.45, 2.75) is 31.7 Å². The van der Waals surface area contributed by atoms with E-state index in [1.807, 2.05) is 43.6 Å². The molecule has 1 fully saturated rings. The van der Waals surface area contributed by atoms with Gasteiger partial charge in [0.1, 0.15) is 6.04 Å². The highest BCUT2D eigenvalue weighted by Crippen LogP contribution is 2.34. The largest absolute Gasteiger partial charge is 0.353 e. The van der Waals surface area contributed by atoms with Gasteiger partial charge in [-0.05, 0) is 62.0 Å². The number of carbonyl (C=O) groups is 1. The number of halogens is 1. The summed E-state index contributed by atoms with van der Waals surface area (Å²) in [5.74, 6) is 0.733. The second-order valence-electron chi connectivity index (χ2n) is 9.44. The molecular formula is C28H31ClN4O. The van der Waals surface area contributed by atoms with Crippen LogP contribution in [0.15, 0.2) is 78.0 Å². The number of hydrogen-bond donors (Lipinski definition) is 0. The van der Waals surface area contributed by atoms with Crippen LogP contribution < -0.4 is 0 Å². The molecule has 0 bridgehead atoms. The summed E-state index contributed by atoms with van der Waals surface area (Å²) in [6, 6.07) is 22.4. The summed E-state index contributed by atoms with van der Waals surface area (Å²) in [6.07, 6.45) is 6.04. The average Bonchev–Trinajstić information content (AvgIpc) is 3.47. The molecule has 0 N–H and O–H groups in total. The van der Waals surface area contributed by atoms with Crippen LogP contribution >= 0.6 is 11.6 Å². The monoisotopic (exact) mass is 474 g/mol. The maximum Gasteiger partial charge on any atom is 0.257 e. The minimum atomic E-state index is -0.116. The highest BCUT2D eigenvalue weighted by molar-refractivity contribution is 6.34. The Morgan fingerprint density at radius 3 is 2.44 bits per heavy atom. The van der Waals surface area contributed by atoms with Crippen LogP contribution in [0.25, 0.3) is 0 Å². The van der Waals surface area contributed by atoms with Crippen molar-refractivity contribution in [1.82, 2.24) is 14.5 Å². The third-order valence-corrected chi connectivity index (χ3v) is 7.44. The lowest BCUT2D eigenvalue weighted by atomic mass is 9.90. The van der Waals surface area contributed by atoms with Gasteiger partial charge >= 0.3 is 0 Å². The van der Waals surface area contributed by atoms with Gasteiger partial charge in [0.15, 0.2) is 0 Å². The predicted octanol–water partition coefficient (Wildman–Crippen LogP) is 5.31. The summed E-state index contributed by atoms with van der Waals surface area (Å²) in [5, 5.41) is 7.18. The molecule has 1 aromatic heterocycles. The van der Waals surface area contributed by atoms with E-state index in [-0.39, 0.29) is 11.9 Å². The number of likely N-dealkylation sites (tertiary alicyclic amines) is 1. The van der Waals surface area contributed by atoms with Crippen LogP contribution in [0, 0.1) is 5.92 Å². The van der Waals surface area contributed by atoms with E-state index in [2.05, 4.69) is 45.9 Å². The minimum Gasteiger partial charge on any atom is -0.353 e.